The van der Waals surface area contributed by atoms with Crippen molar-refractivity contribution in [3.63, 3.8) is 0 Å². The third-order valence-corrected chi connectivity index (χ3v) is 1.79. The SMILES string of the molecule is CC(=O)Nc1cccc(/C(C)=N/N)c1. The van der Waals surface area contributed by atoms with Gasteiger partial charge in [-0.1, -0.05) is 12.1 Å². The number of amides is 1. The van der Waals surface area contributed by atoms with E-state index in [1.165, 1.54) is 6.92 Å². The van der Waals surface area contributed by atoms with Crippen LogP contribution in [0.2, 0.25) is 0 Å². The molecule has 0 aliphatic heterocycles. The third-order valence-electron chi connectivity index (χ3n) is 1.79. The van der Waals surface area contributed by atoms with Gasteiger partial charge >= 0.3 is 0 Å². The maximum absolute atomic E-state index is 10.8. The zero-order valence-electron chi connectivity index (χ0n) is 8.24. The van der Waals surface area contributed by atoms with Crippen molar-refractivity contribution in [1.29, 1.82) is 0 Å². The second-order valence-corrected chi connectivity index (χ2v) is 2.98. The van der Waals surface area contributed by atoms with Gasteiger partial charge in [0, 0.05) is 12.6 Å². The number of hydrazone groups is 1. The van der Waals surface area contributed by atoms with Gasteiger partial charge in [0.1, 0.15) is 0 Å². The van der Waals surface area contributed by atoms with E-state index in [1.807, 2.05) is 31.2 Å². The van der Waals surface area contributed by atoms with Crippen LogP contribution >= 0.6 is 0 Å². The standard InChI is InChI=1S/C10H13N3O/c1-7(13-11)9-4-3-5-10(6-9)12-8(2)14/h3-6H,11H2,1-2H3,(H,12,14)/b13-7+. The molecule has 0 bridgehead atoms. The molecule has 1 amide bonds. The predicted molar refractivity (Wildman–Crippen MR) is 57.1 cm³/mol. The van der Waals surface area contributed by atoms with Crippen LogP contribution in [0.1, 0.15) is 19.4 Å². The van der Waals surface area contributed by atoms with Crippen molar-refractivity contribution < 1.29 is 4.79 Å². The number of rotatable bonds is 2. The molecule has 3 N–H and O–H groups in total. The number of anilines is 1. The summed E-state index contributed by atoms with van der Waals surface area (Å²) in [5.74, 6) is 5.06. The van der Waals surface area contributed by atoms with Crippen molar-refractivity contribution >= 4 is 17.3 Å². The molecule has 0 spiro atoms. The van der Waals surface area contributed by atoms with Crippen molar-refractivity contribution in [2.45, 2.75) is 13.8 Å². The van der Waals surface area contributed by atoms with Crippen molar-refractivity contribution in [2.24, 2.45) is 10.9 Å². The highest BCUT2D eigenvalue weighted by atomic mass is 16.1. The summed E-state index contributed by atoms with van der Waals surface area (Å²) in [6.45, 7) is 3.28. The van der Waals surface area contributed by atoms with Crippen LogP contribution in [-0.4, -0.2) is 11.6 Å². The molecule has 0 saturated carbocycles. The smallest absolute Gasteiger partial charge is 0.221 e. The first-order chi connectivity index (χ1) is 6.63. The van der Waals surface area contributed by atoms with E-state index >= 15 is 0 Å². The number of carbonyl (C=O) groups excluding carboxylic acids is 1. The third kappa shape index (κ3) is 2.58. The van der Waals surface area contributed by atoms with Crippen LogP contribution in [0.3, 0.4) is 0 Å². The van der Waals surface area contributed by atoms with Crippen LogP contribution in [0.25, 0.3) is 0 Å². The Morgan fingerprint density at radius 3 is 2.71 bits per heavy atom. The Bertz CT molecular complexity index is 371. The molecule has 0 heterocycles. The van der Waals surface area contributed by atoms with Crippen LogP contribution in [0, 0.1) is 0 Å². The minimum atomic E-state index is -0.0931. The molecule has 0 atom stereocenters. The van der Waals surface area contributed by atoms with E-state index in [-0.39, 0.29) is 5.91 Å². The molecular weight excluding hydrogens is 178 g/mol. The summed E-state index contributed by atoms with van der Waals surface area (Å²) in [5, 5.41) is 6.27. The van der Waals surface area contributed by atoms with E-state index in [0.717, 1.165) is 17.0 Å². The molecule has 14 heavy (non-hydrogen) atoms. The maximum atomic E-state index is 10.8. The van der Waals surface area contributed by atoms with Gasteiger partial charge in [-0.15, -0.1) is 0 Å². The normalized spacial score (nSPS) is 11.1. The fourth-order valence-electron chi connectivity index (χ4n) is 1.10. The van der Waals surface area contributed by atoms with Gasteiger partial charge in [0.15, 0.2) is 0 Å². The van der Waals surface area contributed by atoms with Crippen molar-refractivity contribution in [1.82, 2.24) is 0 Å². The quantitative estimate of drug-likeness (QED) is 0.420. The topological polar surface area (TPSA) is 67.5 Å². The first-order valence-corrected chi connectivity index (χ1v) is 4.26. The lowest BCUT2D eigenvalue weighted by Gasteiger charge is -2.04. The number of nitrogens with two attached hydrogens (primary N) is 1. The summed E-state index contributed by atoms with van der Waals surface area (Å²) in [4.78, 5) is 10.8. The molecule has 0 aliphatic rings. The molecule has 0 saturated heterocycles. The van der Waals surface area contributed by atoms with Gasteiger partial charge in [0.2, 0.25) is 5.91 Å². The van der Waals surface area contributed by atoms with Gasteiger partial charge in [-0.25, -0.2) is 0 Å². The number of benzene rings is 1. The molecular formula is C10H13N3O. The zero-order chi connectivity index (χ0) is 10.6. The summed E-state index contributed by atoms with van der Waals surface area (Å²) in [5.41, 5.74) is 2.38. The van der Waals surface area contributed by atoms with E-state index in [2.05, 4.69) is 10.4 Å². The number of hydrogen-bond acceptors (Lipinski definition) is 3. The van der Waals surface area contributed by atoms with Crippen molar-refractivity contribution in [3.8, 4) is 0 Å². The minimum Gasteiger partial charge on any atom is -0.326 e. The molecule has 74 valence electrons. The Morgan fingerprint density at radius 1 is 1.43 bits per heavy atom. The second-order valence-electron chi connectivity index (χ2n) is 2.98. The van der Waals surface area contributed by atoms with Crippen LogP contribution in [-0.2, 0) is 4.79 Å². The average molecular weight is 191 g/mol. The highest BCUT2D eigenvalue weighted by Crippen LogP contribution is 2.11. The van der Waals surface area contributed by atoms with Gasteiger partial charge in [-0.05, 0) is 24.6 Å². The van der Waals surface area contributed by atoms with Gasteiger partial charge in [-0.2, -0.15) is 5.10 Å². The maximum Gasteiger partial charge on any atom is 0.221 e. The van der Waals surface area contributed by atoms with E-state index in [1.54, 1.807) is 0 Å². The van der Waals surface area contributed by atoms with E-state index in [0.29, 0.717) is 0 Å². The Labute approximate surface area is 82.8 Å². The largest absolute Gasteiger partial charge is 0.326 e. The fourth-order valence-corrected chi connectivity index (χ4v) is 1.10. The predicted octanol–water partition coefficient (Wildman–Crippen LogP) is 1.33. The second kappa shape index (κ2) is 4.41. The molecule has 1 rings (SSSR count). The summed E-state index contributed by atoms with van der Waals surface area (Å²) >= 11 is 0. The number of hydrogen-bond donors (Lipinski definition) is 2. The summed E-state index contributed by atoms with van der Waals surface area (Å²) in [6, 6.07) is 7.37. The van der Waals surface area contributed by atoms with Crippen molar-refractivity contribution in [2.75, 3.05) is 5.32 Å². The van der Waals surface area contributed by atoms with Gasteiger partial charge < -0.3 is 11.2 Å². The lowest BCUT2D eigenvalue weighted by molar-refractivity contribution is -0.114. The molecule has 0 unspecified atom stereocenters. The lowest BCUT2D eigenvalue weighted by atomic mass is 10.1. The zero-order valence-corrected chi connectivity index (χ0v) is 8.24. The molecule has 4 heteroatoms. The summed E-state index contributed by atoms with van der Waals surface area (Å²) in [6.07, 6.45) is 0. The van der Waals surface area contributed by atoms with E-state index in [9.17, 15) is 4.79 Å². The van der Waals surface area contributed by atoms with E-state index in [4.69, 9.17) is 5.84 Å². The number of carbonyl (C=O) groups is 1. The summed E-state index contributed by atoms with van der Waals surface area (Å²) in [7, 11) is 0. The van der Waals surface area contributed by atoms with Gasteiger partial charge in [0.05, 0.1) is 5.71 Å². The van der Waals surface area contributed by atoms with Crippen LogP contribution in [0.5, 0.6) is 0 Å². The molecule has 1 aromatic rings. The molecule has 4 nitrogen and oxygen atoms in total. The number of nitrogens with one attached hydrogen (secondary N) is 1. The fraction of sp³-hybridized carbons (Fsp3) is 0.200. The van der Waals surface area contributed by atoms with Crippen LogP contribution in [0.15, 0.2) is 29.4 Å². The average Bonchev–Trinajstić information content (AvgIpc) is 2.16. The molecule has 1 aromatic carbocycles. The monoisotopic (exact) mass is 191 g/mol. The first-order valence-electron chi connectivity index (χ1n) is 4.26. The lowest BCUT2D eigenvalue weighted by Crippen LogP contribution is -2.07. The highest BCUT2D eigenvalue weighted by Gasteiger charge is 1.99. The molecule has 0 radical (unpaired) electrons. The Balaban J connectivity index is 2.95. The Morgan fingerprint density at radius 2 is 2.14 bits per heavy atom. The van der Waals surface area contributed by atoms with Gasteiger partial charge in [-0.3, -0.25) is 4.79 Å². The van der Waals surface area contributed by atoms with Crippen molar-refractivity contribution in [3.05, 3.63) is 29.8 Å². The van der Waals surface area contributed by atoms with Gasteiger partial charge in [0.25, 0.3) is 0 Å². The number of nitrogens with zero attached hydrogens (tertiary/aromatic N) is 1. The Hall–Kier alpha value is -1.84. The molecule has 0 aromatic heterocycles. The first kappa shape index (κ1) is 10.2. The van der Waals surface area contributed by atoms with Crippen LogP contribution in [0.4, 0.5) is 5.69 Å². The molecule has 0 aliphatic carbocycles. The minimum absolute atomic E-state index is 0.0931. The summed E-state index contributed by atoms with van der Waals surface area (Å²) < 4.78 is 0. The Kier molecular flexibility index (Phi) is 3.23. The molecule has 0 fully saturated rings. The van der Waals surface area contributed by atoms with Crippen LogP contribution < -0.4 is 11.2 Å². The van der Waals surface area contributed by atoms with E-state index < -0.39 is 0 Å². The highest BCUT2D eigenvalue weighted by molar-refractivity contribution is 6.00.